The summed E-state index contributed by atoms with van der Waals surface area (Å²) in [4.78, 5) is 15.6. The molecule has 0 saturated carbocycles. The van der Waals surface area contributed by atoms with Gasteiger partial charge in [-0.2, -0.15) is 4.98 Å². The molecule has 0 radical (unpaired) electrons. The summed E-state index contributed by atoms with van der Waals surface area (Å²) in [6.45, 7) is 0.554. The molecule has 0 N–H and O–H groups in total. The van der Waals surface area contributed by atoms with Crippen LogP contribution in [0.3, 0.4) is 0 Å². The van der Waals surface area contributed by atoms with Crippen LogP contribution in [0, 0.1) is 0 Å². The van der Waals surface area contributed by atoms with Crippen LogP contribution in [0.4, 0.5) is 0 Å². The van der Waals surface area contributed by atoms with E-state index in [-0.39, 0.29) is 0 Å². The van der Waals surface area contributed by atoms with Gasteiger partial charge in [-0.1, -0.05) is 36.4 Å². The van der Waals surface area contributed by atoms with E-state index in [1.54, 1.807) is 7.11 Å². The van der Waals surface area contributed by atoms with Crippen LogP contribution in [0.1, 0.15) is 15.9 Å². The van der Waals surface area contributed by atoms with Gasteiger partial charge in [0.1, 0.15) is 6.29 Å². The van der Waals surface area contributed by atoms with E-state index >= 15 is 0 Å². The molecule has 0 aliphatic carbocycles. The van der Waals surface area contributed by atoms with Crippen molar-refractivity contribution in [3.8, 4) is 6.01 Å². The smallest absolute Gasteiger partial charge is 0.297 e. The highest BCUT2D eigenvalue weighted by molar-refractivity contribution is 5.79. The monoisotopic (exact) mass is 266 g/mol. The van der Waals surface area contributed by atoms with Crippen molar-refractivity contribution in [2.24, 2.45) is 0 Å². The SMILES string of the molecule is COc1nc2ccccc2n1Cc1ccccc1C=O. The standard InChI is InChI=1S/C16H14N2O2/c1-20-16-17-14-8-4-5-9-15(14)18(16)10-12-6-2-3-7-13(12)11-19/h2-9,11H,10H2,1H3. The zero-order chi connectivity index (χ0) is 13.9. The molecule has 20 heavy (non-hydrogen) atoms. The molecule has 0 aliphatic rings. The molecule has 3 rings (SSSR count). The molecular formula is C16H14N2O2. The minimum Gasteiger partial charge on any atom is -0.468 e. The zero-order valence-electron chi connectivity index (χ0n) is 11.1. The lowest BCUT2D eigenvalue weighted by Gasteiger charge is -2.09. The average Bonchev–Trinajstić information content (AvgIpc) is 2.86. The predicted octanol–water partition coefficient (Wildman–Crippen LogP) is 2.91. The number of benzene rings is 2. The molecule has 3 aromatic rings. The van der Waals surface area contributed by atoms with Crippen LogP contribution in [-0.2, 0) is 6.54 Å². The van der Waals surface area contributed by atoms with Gasteiger partial charge in [-0.05, 0) is 17.7 Å². The van der Waals surface area contributed by atoms with Gasteiger partial charge in [0, 0.05) is 5.56 Å². The zero-order valence-corrected chi connectivity index (χ0v) is 11.1. The van der Waals surface area contributed by atoms with Crippen LogP contribution < -0.4 is 4.74 Å². The molecule has 4 heteroatoms. The van der Waals surface area contributed by atoms with Crippen LogP contribution in [0.2, 0.25) is 0 Å². The van der Waals surface area contributed by atoms with Gasteiger partial charge in [0.15, 0.2) is 0 Å². The van der Waals surface area contributed by atoms with Crippen molar-refractivity contribution in [2.75, 3.05) is 7.11 Å². The van der Waals surface area contributed by atoms with E-state index in [9.17, 15) is 4.79 Å². The van der Waals surface area contributed by atoms with E-state index in [1.807, 2.05) is 53.1 Å². The maximum absolute atomic E-state index is 11.1. The van der Waals surface area contributed by atoms with E-state index in [2.05, 4.69) is 4.98 Å². The number of imidazole rings is 1. The third kappa shape index (κ3) is 2.05. The molecule has 1 aromatic heterocycles. The Kier molecular flexibility index (Phi) is 3.21. The second-order valence-corrected chi connectivity index (χ2v) is 4.49. The average molecular weight is 266 g/mol. The number of ether oxygens (including phenoxy) is 1. The first-order valence-electron chi connectivity index (χ1n) is 6.36. The van der Waals surface area contributed by atoms with Crippen molar-refractivity contribution in [3.63, 3.8) is 0 Å². The first-order chi connectivity index (χ1) is 9.83. The number of aromatic nitrogens is 2. The van der Waals surface area contributed by atoms with Crippen molar-refractivity contribution >= 4 is 17.3 Å². The highest BCUT2D eigenvalue weighted by Crippen LogP contribution is 2.23. The Morgan fingerprint density at radius 2 is 1.90 bits per heavy atom. The van der Waals surface area contributed by atoms with Crippen molar-refractivity contribution in [1.29, 1.82) is 0 Å². The van der Waals surface area contributed by atoms with Gasteiger partial charge >= 0.3 is 0 Å². The van der Waals surface area contributed by atoms with Crippen molar-refractivity contribution in [1.82, 2.24) is 9.55 Å². The highest BCUT2D eigenvalue weighted by Gasteiger charge is 2.12. The number of aldehydes is 1. The summed E-state index contributed by atoms with van der Waals surface area (Å²) >= 11 is 0. The Hall–Kier alpha value is -2.62. The largest absolute Gasteiger partial charge is 0.468 e. The first kappa shape index (κ1) is 12.4. The third-order valence-corrected chi connectivity index (χ3v) is 3.31. The van der Waals surface area contributed by atoms with Crippen LogP contribution in [0.25, 0.3) is 11.0 Å². The molecule has 0 saturated heterocycles. The number of hydrogen-bond donors (Lipinski definition) is 0. The number of fused-ring (bicyclic) bond motifs is 1. The van der Waals surface area contributed by atoms with E-state index in [4.69, 9.17) is 4.74 Å². The number of nitrogens with zero attached hydrogens (tertiary/aromatic N) is 2. The Balaban J connectivity index is 2.12. The summed E-state index contributed by atoms with van der Waals surface area (Å²) in [6.07, 6.45) is 0.876. The van der Waals surface area contributed by atoms with E-state index in [1.165, 1.54) is 0 Å². The molecule has 0 amide bonds. The minimum absolute atomic E-state index is 0.548. The third-order valence-electron chi connectivity index (χ3n) is 3.31. The number of methoxy groups -OCH3 is 1. The highest BCUT2D eigenvalue weighted by atomic mass is 16.5. The van der Waals surface area contributed by atoms with Gasteiger partial charge in [0.05, 0.1) is 24.7 Å². The second kappa shape index (κ2) is 5.17. The van der Waals surface area contributed by atoms with Gasteiger partial charge in [-0.3, -0.25) is 9.36 Å². The molecule has 0 bridgehead atoms. The molecule has 0 unspecified atom stereocenters. The lowest BCUT2D eigenvalue weighted by Crippen LogP contribution is -2.04. The van der Waals surface area contributed by atoms with Gasteiger partial charge in [0.2, 0.25) is 0 Å². The topological polar surface area (TPSA) is 44.1 Å². The van der Waals surface area contributed by atoms with E-state index in [0.29, 0.717) is 18.1 Å². The lowest BCUT2D eigenvalue weighted by molar-refractivity contribution is 0.112. The summed E-state index contributed by atoms with van der Waals surface area (Å²) < 4.78 is 7.31. The predicted molar refractivity (Wildman–Crippen MR) is 77.2 cm³/mol. The van der Waals surface area contributed by atoms with Crippen molar-refractivity contribution in [2.45, 2.75) is 6.54 Å². The van der Waals surface area contributed by atoms with Gasteiger partial charge in [-0.15, -0.1) is 0 Å². The molecule has 2 aromatic carbocycles. The molecule has 0 aliphatic heterocycles. The molecule has 0 fully saturated rings. The summed E-state index contributed by atoms with van der Waals surface area (Å²) in [5, 5.41) is 0. The first-order valence-corrected chi connectivity index (χ1v) is 6.36. The van der Waals surface area contributed by atoms with E-state index < -0.39 is 0 Å². The molecule has 100 valence electrons. The number of para-hydroxylation sites is 2. The Morgan fingerprint density at radius 3 is 2.70 bits per heavy atom. The fourth-order valence-corrected chi connectivity index (χ4v) is 2.33. The van der Waals surface area contributed by atoms with Crippen LogP contribution in [0.15, 0.2) is 48.5 Å². The summed E-state index contributed by atoms with van der Waals surface area (Å²) in [7, 11) is 1.60. The molecule has 4 nitrogen and oxygen atoms in total. The molecule has 1 heterocycles. The summed E-state index contributed by atoms with van der Waals surface area (Å²) in [5.41, 5.74) is 3.51. The Morgan fingerprint density at radius 1 is 1.15 bits per heavy atom. The van der Waals surface area contributed by atoms with Crippen LogP contribution in [0.5, 0.6) is 6.01 Å². The number of rotatable bonds is 4. The fourth-order valence-electron chi connectivity index (χ4n) is 2.33. The Labute approximate surface area is 116 Å². The maximum Gasteiger partial charge on any atom is 0.297 e. The van der Waals surface area contributed by atoms with Gasteiger partial charge in [-0.25, -0.2) is 0 Å². The Bertz CT molecular complexity index is 762. The van der Waals surface area contributed by atoms with Crippen LogP contribution >= 0.6 is 0 Å². The fraction of sp³-hybridized carbons (Fsp3) is 0.125. The quantitative estimate of drug-likeness (QED) is 0.682. The summed E-state index contributed by atoms with van der Waals surface area (Å²) in [6, 6.07) is 15.9. The maximum atomic E-state index is 11.1. The van der Waals surface area contributed by atoms with Crippen molar-refractivity contribution < 1.29 is 9.53 Å². The van der Waals surface area contributed by atoms with Crippen molar-refractivity contribution in [3.05, 3.63) is 59.7 Å². The number of hydrogen-bond acceptors (Lipinski definition) is 3. The van der Waals surface area contributed by atoms with Crippen LogP contribution in [-0.4, -0.2) is 22.9 Å². The normalized spacial score (nSPS) is 10.7. The number of carbonyl (C=O) groups excluding carboxylic acids is 1. The number of carbonyl (C=O) groups is 1. The summed E-state index contributed by atoms with van der Waals surface area (Å²) in [5.74, 6) is 0. The van der Waals surface area contributed by atoms with Gasteiger partial charge < -0.3 is 4.74 Å². The van der Waals surface area contributed by atoms with Gasteiger partial charge in [0.25, 0.3) is 6.01 Å². The molecule has 0 spiro atoms. The second-order valence-electron chi connectivity index (χ2n) is 4.49. The molecule has 0 atom stereocenters. The van der Waals surface area contributed by atoms with E-state index in [0.717, 1.165) is 22.9 Å². The lowest BCUT2D eigenvalue weighted by atomic mass is 10.1. The molecular weight excluding hydrogens is 252 g/mol. The minimum atomic E-state index is 0.548.